The van der Waals surface area contributed by atoms with E-state index in [0.717, 1.165) is 31.3 Å². The van der Waals surface area contributed by atoms with E-state index in [1.165, 1.54) is 38.5 Å². The molecule has 4 rings (SSSR count). The Hall–Kier alpha value is -5.41. The van der Waals surface area contributed by atoms with E-state index >= 15 is 4.39 Å². The smallest absolute Gasteiger partial charge is 0.420 e. The second-order valence-corrected chi connectivity index (χ2v) is 8.62. The summed E-state index contributed by atoms with van der Waals surface area (Å²) < 4.78 is 72.5. The van der Waals surface area contributed by atoms with Crippen LogP contribution >= 0.6 is 0 Å². The minimum atomic E-state index is -4.86. The standard InChI is InChI=1S/C26H23F4N7O5/c1-12(38)42-18-9-13(6-7-14(18)22(31)32)34-21(15-10-19(40-2)20(41-3)11-17(15)27)23-35-25(39)37(36-23)24-16(26(28,29)30)5-4-8-33-24/h4-11,21,34H,1-3H3,(H3,31,32)(H,35,36,39). The third kappa shape index (κ3) is 6.01. The first-order chi connectivity index (χ1) is 19.8. The lowest BCUT2D eigenvalue weighted by Crippen LogP contribution is -2.21. The number of H-pyrrole nitrogens is 1. The summed E-state index contributed by atoms with van der Waals surface area (Å²) in [5, 5.41) is 14.7. The quantitative estimate of drug-likeness (QED) is 0.0750. The molecule has 0 amide bonds. The highest BCUT2D eigenvalue weighted by Crippen LogP contribution is 2.37. The van der Waals surface area contributed by atoms with Gasteiger partial charge in [-0.25, -0.2) is 14.2 Å². The van der Waals surface area contributed by atoms with E-state index in [9.17, 15) is 22.8 Å². The first kappa shape index (κ1) is 29.6. The van der Waals surface area contributed by atoms with Crippen LogP contribution in [0.25, 0.3) is 5.82 Å². The van der Waals surface area contributed by atoms with Crippen molar-refractivity contribution >= 4 is 17.5 Å². The summed E-state index contributed by atoms with van der Waals surface area (Å²) in [5.41, 5.74) is 3.36. The van der Waals surface area contributed by atoms with Gasteiger partial charge in [0.05, 0.1) is 19.8 Å². The Labute approximate surface area is 234 Å². The zero-order chi connectivity index (χ0) is 30.8. The molecule has 5 N–H and O–H groups in total. The van der Waals surface area contributed by atoms with Crippen LogP contribution in [0.2, 0.25) is 0 Å². The molecule has 16 heteroatoms. The van der Waals surface area contributed by atoms with Gasteiger partial charge in [0.15, 0.2) is 23.1 Å². The summed E-state index contributed by atoms with van der Waals surface area (Å²) >= 11 is 0. The number of pyridine rings is 1. The predicted octanol–water partition coefficient (Wildman–Crippen LogP) is 3.54. The predicted molar refractivity (Wildman–Crippen MR) is 141 cm³/mol. The van der Waals surface area contributed by atoms with Crippen LogP contribution in [0.4, 0.5) is 23.2 Å². The fraction of sp³-hybridized carbons (Fsp3) is 0.192. The molecule has 1 unspecified atom stereocenters. The maximum absolute atomic E-state index is 15.5. The van der Waals surface area contributed by atoms with Gasteiger partial charge in [-0.1, -0.05) is 0 Å². The molecule has 0 aliphatic rings. The van der Waals surface area contributed by atoms with E-state index in [2.05, 4.69) is 20.4 Å². The molecular weight excluding hydrogens is 566 g/mol. The highest BCUT2D eigenvalue weighted by molar-refractivity contribution is 5.98. The SMILES string of the molecule is COc1cc(F)c(C(Nc2ccc(C(=N)N)c(OC(C)=O)c2)c2nn(-c3ncccc3C(F)(F)F)c(=O)[nH]2)cc1OC. The van der Waals surface area contributed by atoms with Crippen molar-refractivity contribution in [2.24, 2.45) is 5.73 Å². The van der Waals surface area contributed by atoms with Crippen LogP contribution in [-0.2, 0) is 11.0 Å². The second-order valence-electron chi connectivity index (χ2n) is 8.62. The largest absolute Gasteiger partial charge is 0.493 e. The number of aromatic amines is 1. The maximum Gasteiger partial charge on any atom is 0.420 e. The van der Waals surface area contributed by atoms with Gasteiger partial charge >= 0.3 is 17.8 Å². The number of nitrogens with zero attached hydrogens (tertiary/aromatic N) is 3. The molecule has 1 atom stereocenters. The Bertz CT molecular complexity index is 1720. The molecule has 2 aromatic carbocycles. The number of rotatable bonds is 9. The molecule has 0 aliphatic heterocycles. The van der Waals surface area contributed by atoms with Gasteiger partial charge < -0.3 is 25.3 Å². The number of nitrogens with two attached hydrogens (primary N) is 1. The average molecular weight is 590 g/mol. The van der Waals surface area contributed by atoms with Gasteiger partial charge in [-0.15, -0.1) is 5.10 Å². The fourth-order valence-electron chi connectivity index (χ4n) is 4.03. The summed E-state index contributed by atoms with van der Waals surface area (Å²) in [7, 11) is 2.61. The van der Waals surface area contributed by atoms with E-state index in [1.807, 2.05) is 0 Å². The van der Waals surface area contributed by atoms with E-state index in [-0.39, 0.29) is 39.9 Å². The van der Waals surface area contributed by atoms with E-state index in [0.29, 0.717) is 4.68 Å². The summed E-state index contributed by atoms with van der Waals surface area (Å²) in [5.74, 6) is -3.04. The van der Waals surface area contributed by atoms with E-state index in [1.54, 1.807) is 0 Å². The highest BCUT2D eigenvalue weighted by atomic mass is 19.4. The lowest BCUT2D eigenvalue weighted by atomic mass is 10.0. The van der Waals surface area contributed by atoms with Crippen molar-refractivity contribution in [3.8, 4) is 23.1 Å². The zero-order valence-electron chi connectivity index (χ0n) is 22.2. The number of nitrogen functional groups attached to an aromatic ring is 1. The van der Waals surface area contributed by atoms with Crippen molar-refractivity contribution in [1.82, 2.24) is 19.7 Å². The molecule has 0 bridgehead atoms. The van der Waals surface area contributed by atoms with Gasteiger partial charge in [0.25, 0.3) is 0 Å². The number of nitrogens with one attached hydrogen (secondary N) is 3. The molecule has 12 nitrogen and oxygen atoms in total. The van der Waals surface area contributed by atoms with E-state index < -0.39 is 46.9 Å². The summed E-state index contributed by atoms with van der Waals surface area (Å²) in [4.78, 5) is 30.6. The molecule has 0 aliphatic carbocycles. The normalized spacial score (nSPS) is 12.0. The Morgan fingerprint density at radius 1 is 1.12 bits per heavy atom. The van der Waals surface area contributed by atoms with Crippen molar-refractivity contribution in [1.29, 1.82) is 5.41 Å². The monoisotopic (exact) mass is 589 g/mol. The Kier molecular flexibility index (Phi) is 8.17. The molecule has 0 fully saturated rings. The van der Waals surface area contributed by atoms with Gasteiger partial charge in [0.1, 0.15) is 29.0 Å². The van der Waals surface area contributed by atoms with Crippen LogP contribution in [0.3, 0.4) is 0 Å². The van der Waals surface area contributed by atoms with Gasteiger partial charge in [0.2, 0.25) is 0 Å². The number of hydrogen-bond donors (Lipinski definition) is 4. The molecule has 2 aromatic heterocycles. The van der Waals surface area contributed by atoms with Crippen LogP contribution < -0.4 is 31.0 Å². The fourth-order valence-corrected chi connectivity index (χ4v) is 4.03. The molecular formula is C26H23F4N7O5. The number of esters is 1. The number of alkyl halides is 3. The highest BCUT2D eigenvalue weighted by Gasteiger charge is 2.36. The molecule has 0 saturated heterocycles. The zero-order valence-corrected chi connectivity index (χ0v) is 22.2. The lowest BCUT2D eigenvalue weighted by molar-refractivity contribution is -0.137. The van der Waals surface area contributed by atoms with Crippen molar-refractivity contribution < 1.29 is 36.6 Å². The van der Waals surface area contributed by atoms with Crippen molar-refractivity contribution in [2.45, 2.75) is 19.1 Å². The summed E-state index contributed by atoms with van der Waals surface area (Å²) in [6.45, 7) is 1.13. The number of hydrogen-bond acceptors (Lipinski definition) is 9. The number of carbonyl (C=O) groups excluding carboxylic acids is 1. The third-order valence-corrected chi connectivity index (χ3v) is 5.85. The number of amidine groups is 1. The number of aromatic nitrogens is 4. The van der Waals surface area contributed by atoms with Gasteiger partial charge in [-0.2, -0.15) is 17.9 Å². The topological polar surface area (TPSA) is 170 Å². The molecule has 0 saturated carbocycles. The molecule has 220 valence electrons. The van der Waals surface area contributed by atoms with Crippen LogP contribution in [0.5, 0.6) is 17.2 Å². The number of ether oxygens (including phenoxy) is 3. The second kappa shape index (κ2) is 11.6. The molecule has 2 heterocycles. The number of anilines is 1. The van der Waals surface area contributed by atoms with Gasteiger partial charge in [-0.3, -0.25) is 15.2 Å². The lowest BCUT2D eigenvalue weighted by Gasteiger charge is -2.21. The number of halogens is 4. The minimum absolute atomic E-state index is 0.0442. The first-order valence-electron chi connectivity index (χ1n) is 11.9. The molecule has 4 aromatic rings. The molecule has 0 spiro atoms. The Balaban J connectivity index is 1.91. The number of benzene rings is 2. The van der Waals surface area contributed by atoms with Crippen molar-refractivity contribution in [3.05, 3.63) is 87.5 Å². The van der Waals surface area contributed by atoms with Crippen LogP contribution in [-0.4, -0.2) is 45.8 Å². The van der Waals surface area contributed by atoms with Crippen LogP contribution in [0.1, 0.15) is 35.5 Å². The third-order valence-electron chi connectivity index (χ3n) is 5.85. The summed E-state index contributed by atoms with van der Waals surface area (Å²) in [6, 6.07) is 6.76. The van der Waals surface area contributed by atoms with Crippen LogP contribution in [0.15, 0.2) is 53.5 Å². The van der Waals surface area contributed by atoms with Gasteiger partial charge in [-0.05, 0) is 30.3 Å². The van der Waals surface area contributed by atoms with Crippen LogP contribution in [0, 0.1) is 11.2 Å². The number of carbonyl (C=O) groups is 1. The summed E-state index contributed by atoms with van der Waals surface area (Å²) in [6.07, 6.45) is -3.80. The minimum Gasteiger partial charge on any atom is -0.493 e. The Morgan fingerprint density at radius 2 is 1.81 bits per heavy atom. The first-order valence-corrected chi connectivity index (χ1v) is 11.9. The van der Waals surface area contributed by atoms with Gasteiger partial charge in [0, 0.05) is 36.5 Å². The Morgan fingerprint density at radius 3 is 2.43 bits per heavy atom. The molecule has 42 heavy (non-hydrogen) atoms. The maximum atomic E-state index is 15.5. The number of methoxy groups -OCH3 is 2. The van der Waals surface area contributed by atoms with E-state index in [4.69, 9.17) is 25.4 Å². The van der Waals surface area contributed by atoms with Crippen molar-refractivity contribution in [3.63, 3.8) is 0 Å². The average Bonchev–Trinajstić information content (AvgIpc) is 3.31. The molecule has 0 radical (unpaired) electrons. The van der Waals surface area contributed by atoms with Crippen molar-refractivity contribution in [2.75, 3.05) is 19.5 Å².